The van der Waals surface area contributed by atoms with Crippen molar-refractivity contribution in [2.45, 2.75) is 309 Å². The van der Waals surface area contributed by atoms with E-state index in [-0.39, 0.29) is 30.4 Å². The van der Waals surface area contributed by atoms with Gasteiger partial charge in [0.05, 0.1) is 24.4 Å². The Balaban J connectivity index is 2.42. The van der Waals surface area contributed by atoms with Crippen molar-refractivity contribution in [3.63, 3.8) is 0 Å². The van der Waals surface area contributed by atoms with Gasteiger partial charge in [0.15, 0.2) is 0 Å². The van der Waals surface area contributed by atoms with Crippen LogP contribution in [0.15, 0.2) is 72.9 Å². The van der Waals surface area contributed by atoms with Crippen LogP contribution in [-0.4, -0.2) is 167 Å². The number of unbranched alkanes of at least 4 members (excludes halogenated alkanes) is 23. The Kier molecular flexibility index (Phi) is 63.9. The molecule has 1 rings (SSSR count). The van der Waals surface area contributed by atoms with Crippen molar-refractivity contribution in [1.82, 2.24) is 19.6 Å². The number of aliphatic hydroxyl groups excluding tert-OH is 4. The molecule has 1 saturated heterocycles. The summed E-state index contributed by atoms with van der Waals surface area (Å²) in [4.78, 5) is 22.4. The maximum atomic E-state index is 12.8. The van der Waals surface area contributed by atoms with E-state index in [2.05, 4.69) is 120 Å². The first-order valence-electron chi connectivity index (χ1n) is 37.1. The lowest BCUT2D eigenvalue weighted by Gasteiger charge is -2.34. The Morgan fingerprint density at radius 2 is 0.739 bits per heavy atom. The van der Waals surface area contributed by atoms with Crippen molar-refractivity contribution in [1.29, 1.82) is 0 Å². The number of carbonyl (C=O) groups excluding carboxylic acids is 1. The fourth-order valence-electron chi connectivity index (χ4n) is 11.6. The van der Waals surface area contributed by atoms with Crippen LogP contribution < -0.4 is 0 Å². The predicted molar refractivity (Wildman–Crippen MR) is 388 cm³/mol. The average molecular weight is 1270 g/mol. The van der Waals surface area contributed by atoms with Crippen LogP contribution in [0, 0.1) is 0 Å². The maximum absolute atomic E-state index is 12.8. The van der Waals surface area contributed by atoms with Crippen molar-refractivity contribution in [2.24, 2.45) is 0 Å². The number of allylic oxidation sites excluding steroid dienone is 12. The Morgan fingerprint density at radius 1 is 0.398 bits per heavy atom. The molecule has 0 saturated carbocycles. The van der Waals surface area contributed by atoms with Gasteiger partial charge in [0.1, 0.15) is 6.61 Å². The quantitative estimate of drug-likeness (QED) is 0.0201. The van der Waals surface area contributed by atoms with Crippen LogP contribution in [0.5, 0.6) is 0 Å². The van der Waals surface area contributed by atoms with E-state index in [4.69, 9.17) is 4.74 Å². The maximum Gasteiger partial charge on any atom is 0.305 e. The fourth-order valence-corrected chi connectivity index (χ4v) is 13.7. The number of esters is 1. The number of hydrogen-bond acceptors (Lipinski definition) is 12. The summed E-state index contributed by atoms with van der Waals surface area (Å²) in [5.41, 5.74) is 0. The van der Waals surface area contributed by atoms with Crippen LogP contribution in [-0.2, 0) is 9.53 Å². The molecule has 4 atom stereocenters. The molecular formula is C76H142N4O6S2. The van der Waals surface area contributed by atoms with Crippen molar-refractivity contribution < 1.29 is 30.0 Å². The minimum absolute atomic E-state index is 0.121. The van der Waals surface area contributed by atoms with E-state index < -0.39 is 0 Å². The summed E-state index contributed by atoms with van der Waals surface area (Å²) in [6, 6.07) is 0. The van der Waals surface area contributed by atoms with Crippen molar-refractivity contribution in [3.05, 3.63) is 72.9 Å². The van der Waals surface area contributed by atoms with Gasteiger partial charge in [-0.05, 0) is 122 Å². The molecule has 1 aliphatic heterocycles. The standard InChI is InChI=1S/C76H142N4O6S2/c1-5-9-13-17-21-25-27-29-31-33-35-39-43-47-54-74(83)70-80(71-75(84)55-48-44-40-36-34-32-30-28-26-22-18-14-10-6-2)58-51-66-87-88-67-64-78-61-59-77(60-62-78)63-65-86-76(85)56-49-50-57-79(68-72(81)52-45-41-37-23-19-15-11-7-3)69-73(82)53-46-42-38-24-20-16-12-8-4/h9-10,13-14,21-22,25-26,29-32,72-75,81-84H,5-8,11-12,15-20,23-24,27-28,33-71H2,1-4H3/b13-9-,14-10-,25-21-,26-22-,31-29-,32-30-. The normalized spacial score (nSPS) is 15.4. The highest BCUT2D eigenvalue weighted by molar-refractivity contribution is 8.76. The largest absolute Gasteiger partial charge is 0.464 e. The van der Waals surface area contributed by atoms with E-state index in [0.29, 0.717) is 39.2 Å². The Labute approximate surface area is 552 Å². The highest BCUT2D eigenvalue weighted by atomic mass is 33.1. The molecule has 0 aromatic rings. The van der Waals surface area contributed by atoms with Crippen molar-refractivity contribution in [3.8, 4) is 0 Å². The molecule has 0 bridgehead atoms. The molecule has 1 fully saturated rings. The minimum atomic E-state index is -0.381. The lowest BCUT2D eigenvalue weighted by atomic mass is 10.0. The molecule has 1 heterocycles. The minimum Gasteiger partial charge on any atom is -0.464 e. The fraction of sp³-hybridized carbons (Fsp3) is 0.829. The molecule has 12 heteroatoms. The first-order valence-corrected chi connectivity index (χ1v) is 39.6. The monoisotopic (exact) mass is 1270 g/mol. The molecule has 4 N–H and O–H groups in total. The molecule has 514 valence electrons. The molecule has 0 aromatic heterocycles. The van der Waals surface area contributed by atoms with Crippen LogP contribution >= 0.6 is 21.6 Å². The zero-order valence-corrected chi connectivity index (χ0v) is 59.5. The number of hydrogen-bond donors (Lipinski definition) is 4. The van der Waals surface area contributed by atoms with Gasteiger partial charge in [0.2, 0.25) is 0 Å². The summed E-state index contributed by atoms with van der Waals surface area (Å²) in [6.45, 7) is 19.4. The summed E-state index contributed by atoms with van der Waals surface area (Å²) in [5.74, 6) is 2.04. The van der Waals surface area contributed by atoms with E-state index in [1.807, 2.05) is 21.6 Å². The highest BCUT2D eigenvalue weighted by Crippen LogP contribution is 2.23. The van der Waals surface area contributed by atoms with Crippen LogP contribution in [0.4, 0.5) is 0 Å². The van der Waals surface area contributed by atoms with E-state index in [9.17, 15) is 25.2 Å². The third-order valence-electron chi connectivity index (χ3n) is 17.1. The van der Waals surface area contributed by atoms with Crippen LogP contribution in [0.25, 0.3) is 0 Å². The summed E-state index contributed by atoms with van der Waals surface area (Å²) in [5, 5.41) is 44.4. The second kappa shape index (κ2) is 66.7. The van der Waals surface area contributed by atoms with E-state index in [0.717, 1.165) is 199 Å². The van der Waals surface area contributed by atoms with Gasteiger partial charge >= 0.3 is 5.97 Å². The molecule has 0 amide bonds. The number of aliphatic hydroxyl groups is 4. The summed E-state index contributed by atoms with van der Waals surface area (Å²) >= 11 is 0. The zero-order chi connectivity index (χ0) is 63.7. The molecule has 10 nitrogen and oxygen atoms in total. The lowest BCUT2D eigenvalue weighted by Crippen LogP contribution is -2.47. The lowest BCUT2D eigenvalue weighted by molar-refractivity contribution is -0.144. The molecule has 88 heavy (non-hydrogen) atoms. The van der Waals surface area contributed by atoms with Gasteiger partial charge < -0.3 is 25.2 Å². The molecule has 0 aliphatic carbocycles. The van der Waals surface area contributed by atoms with Crippen LogP contribution in [0.1, 0.15) is 285 Å². The number of nitrogens with zero attached hydrogens (tertiary/aromatic N) is 4. The second-order valence-corrected chi connectivity index (χ2v) is 28.3. The average Bonchev–Trinajstić information content (AvgIpc) is 3.71. The zero-order valence-electron chi connectivity index (χ0n) is 57.8. The van der Waals surface area contributed by atoms with Gasteiger partial charge in [-0.15, -0.1) is 0 Å². The topological polar surface area (TPSA) is 120 Å². The Hall–Kier alpha value is -1.71. The molecule has 0 spiro atoms. The molecule has 1 aliphatic rings. The van der Waals surface area contributed by atoms with Crippen LogP contribution in [0.2, 0.25) is 0 Å². The SMILES string of the molecule is CC/C=C\C/C=C\C/C=C\CCCCCCC(O)CN(CCCSSCCN1CCN(CCOC(=O)CCCCN(CC(O)CCCCCCCCCC)CC(O)CCCCCCCCCC)CC1)CC(O)CCCCCC/C=C\C/C=C\C/C=C\CC. The molecular weight excluding hydrogens is 1130 g/mol. The summed E-state index contributed by atoms with van der Waals surface area (Å²) < 4.78 is 5.72. The first kappa shape index (κ1) is 84.3. The van der Waals surface area contributed by atoms with Gasteiger partial charge in [0.25, 0.3) is 0 Å². The van der Waals surface area contributed by atoms with Crippen molar-refractivity contribution >= 4 is 27.6 Å². The third kappa shape index (κ3) is 59.3. The van der Waals surface area contributed by atoms with Gasteiger partial charge in [-0.3, -0.25) is 24.4 Å². The summed E-state index contributed by atoms with van der Waals surface area (Å²) in [6.07, 6.45) is 69.8. The Bertz CT molecular complexity index is 1570. The Morgan fingerprint density at radius 3 is 1.15 bits per heavy atom. The molecule has 0 aromatic carbocycles. The number of ether oxygens (including phenoxy) is 1. The van der Waals surface area contributed by atoms with Crippen molar-refractivity contribution in [2.75, 3.05) is 96.6 Å². The van der Waals surface area contributed by atoms with E-state index in [1.54, 1.807) is 0 Å². The highest BCUT2D eigenvalue weighted by Gasteiger charge is 2.20. The van der Waals surface area contributed by atoms with Gasteiger partial charge in [0, 0.05) is 83.4 Å². The molecule has 4 unspecified atom stereocenters. The van der Waals surface area contributed by atoms with Crippen LogP contribution in [0.3, 0.4) is 0 Å². The third-order valence-corrected chi connectivity index (χ3v) is 19.5. The smallest absolute Gasteiger partial charge is 0.305 e. The van der Waals surface area contributed by atoms with Gasteiger partial charge in [-0.2, -0.15) is 0 Å². The predicted octanol–water partition coefficient (Wildman–Crippen LogP) is 18.6. The summed E-state index contributed by atoms with van der Waals surface area (Å²) in [7, 11) is 3.93. The number of carbonyl (C=O) groups is 1. The van der Waals surface area contributed by atoms with E-state index in [1.165, 1.54) is 116 Å². The number of piperazine rings is 1. The molecule has 0 radical (unpaired) electrons. The van der Waals surface area contributed by atoms with E-state index >= 15 is 0 Å². The number of rotatable bonds is 66. The second-order valence-electron chi connectivity index (χ2n) is 25.6. The van der Waals surface area contributed by atoms with Gasteiger partial charge in [-0.1, -0.05) is 263 Å². The first-order chi connectivity index (χ1) is 43.2. The van der Waals surface area contributed by atoms with Gasteiger partial charge in [-0.25, -0.2) is 0 Å².